The molecule has 0 fully saturated rings. The topological polar surface area (TPSA) is 59.8 Å². The second-order valence-electron chi connectivity index (χ2n) is 6.70. The molecule has 2 aromatic rings. The number of aromatic nitrogens is 3. The van der Waals surface area contributed by atoms with Gasteiger partial charge in [0.15, 0.2) is 0 Å². The van der Waals surface area contributed by atoms with E-state index in [-0.39, 0.29) is 5.91 Å². The summed E-state index contributed by atoms with van der Waals surface area (Å²) in [5, 5.41) is 12.7. The predicted octanol–water partition coefficient (Wildman–Crippen LogP) is 3.99. The SMILES string of the molecule is O=C(CCCc1ccc(Cl)c(Cl)c1)NCCc1nnc2n1CCCCC2. The number of hydrogen-bond donors (Lipinski definition) is 1. The van der Waals surface area contributed by atoms with Crippen molar-refractivity contribution in [2.75, 3.05) is 6.54 Å². The van der Waals surface area contributed by atoms with Crippen LogP contribution in [0.3, 0.4) is 0 Å². The number of amides is 1. The number of carbonyl (C=O) groups excluding carboxylic acids is 1. The highest BCUT2D eigenvalue weighted by molar-refractivity contribution is 6.42. The minimum Gasteiger partial charge on any atom is -0.356 e. The molecule has 0 aliphatic carbocycles. The Hall–Kier alpha value is -1.59. The number of halogens is 2. The maximum absolute atomic E-state index is 12.0. The summed E-state index contributed by atoms with van der Waals surface area (Å²) in [4.78, 5) is 12.0. The monoisotopic (exact) mass is 394 g/mol. The zero-order valence-electron chi connectivity index (χ0n) is 14.8. The fourth-order valence-corrected chi connectivity index (χ4v) is 3.60. The summed E-state index contributed by atoms with van der Waals surface area (Å²) in [5.74, 6) is 2.14. The summed E-state index contributed by atoms with van der Waals surface area (Å²) in [5.41, 5.74) is 1.10. The lowest BCUT2D eigenvalue weighted by atomic mass is 10.1. The molecule has 2 heterocycles. The van der Waals surface area contributed by atoms with Crippen molar-refractivity contribution in [3.8, 4) is 0 Å². The van der Waals surface area contributed by atoms with E-state index in [4.69, 9.17) is 23.2 Å². The van der Waals surface area contributed by atoms with Gasteiger partial charge in [0.05, 0.1) is 10.0 Å². The number of benzene rings is 1. The largest absolute Gasteiger partial charge is 0.356 e. The third-order valence-corrected chi connectivity index (χ3v) is 5.45. The zero-order chi connectivity index (χ0) is 18.4. The fraction of sp³-hybridized carbons (Fsp3) is 0.526. The van der Waals surface area contributed by atoms with Crippen molar-refractivity contribution >= 4 is 29.1 Å². The first-order valence-electron chi connectivity index (χ1n) is 9.25. The zero-order valence-corrected chi connectivity index (χ0v) is 16.3. The molecule has 0 bridgehead atoms. The minimum absolute atomic E-state index is 0.0701. The molecule has 0 atom stereocenters. The lowest BCUT2D eigenvalue weighted by Gasteiger charge is -2.08. The van der Waals surface area contributed by atoms with E-state index in [9.17, 15) is 4.79 Å². The van der Waals surface area contributed by atoms with Gasteiger partial charge < -0.3 is 9.88 Å². The number of nitrogens with zero attached hydrogens (tertiary/aromatic N) is 3. The van der Waals surface area contributed by atoms with E-state index in [0.717, 1.165) is 49.4 Å². The van der Waals surface area contributed by atoms with Gasteiger partial charge in [0.2, 0.25) is 5.91 Å². The van der Waals surface area contributed by atoms with Crippen molar-refractivity contribution in [1.82, 2.24) is 20.1 Å². The van der Waals surface area contributed by atoms with Crippen LogP contribution in [0.2, 0.25) is 10.0 Å². The molecule has 7 heteroatoms. The molecule has 0 radical (unpaired) electrons. The number of nitrogens with one attached hydrogen (secondary N) is 1. The number of fused-ring (bicyclic) bond motifs is 1. The van der Waals surface area contributed by atoms with Crippen molar-refractivity contribution in [3.63, 3.8) is 0 Å². The van der Waals surface area contributed by atoms with Crippen molar-refractivity contribution in [2.24, 2.45) is 0 Å². The number of carbonyl (C=O) groups is 1. The van der Waals surface area contributed by atoms with Crippen molar-refractivity contribution < 1.29 is 4.79 Å². The summed E-state index contributed by atoms with van der Waals surface area (Å²) in [6.07, 6.45) is 7.44. The third-order valence-electron chi connectivity index (χ3n) is 4.71. The van der Waals surface area contributed by atoms with E-state index >= 15 is 0 Å². The summed E-state index contributed by atoms with van der Waals surface area (Å²) in [6.45, 7) is 1.60. The van der Waals surface area contributed by atoms with Gasteiger partial charge >= 0.3 is 0 Å². The molecule has 0 saturated carbocycles. The van der Waals surface area contributed by atoms with E-state index in [1.165, 1.54) is 19.3 Å². The summed E-state index contributed by atoms with van der Waals surface area (Å²) in [7, 11) is 0. The molecule has 140 valence electrons. The second kappa shape index (κ2) is 9.38. The minimum atomic E-state index is 0.0701. The molecule has 1 N–H and O–H groups in total. The molecule has 3 rings (SSSR count). The summed E-state index contributed by atoms with van der Waals surface area (Å²) < 4.78 is 2.23. The maximum Gasteiger partial charge on any atom is 0.220 e. The quantitative estimate of drug-likeness (QED) is 0.771. The van der Waals surface area contributed by atoms with Gasteiger partial charge in [-0.3, -0.25) is 4.79 Å². The molecule has 0 saturated heterocycles. The lowest BCUT2D eigenvalue weighted by Crippen LogP contribution is -2.26. The van der Waals surface area contributed by atoms with Crippen LogP contribution in [-0.2, 0) is 30.6 Å². The van der Waals surface area contributed by atoms with Crippen LogP contribution in [0.5, 0.6) is 0 Å². The predicted molar refractivity (Wildman–Crippen MR) is 104 cm³/mol. The molecule has 1 aromatic carbocycles. The Bertz CT molecular complexity index is 760. The molecule has 1 aliphatic rings. The Morgan fingerprint density at radius 1 is 1.12 bits per heavy atom. The number of aryl methyl sites for hydroxylation is 2. The first kappa shape index (κ1) is 19.2. The number of rotatable bonds is 7. The van der Waals surface area contributed by atoms with E-state index in [1.807, 2.05) is 12.1 Å². The average Bonchev–Trinajstić information content (AvgIpc) is 2.85. The van der Waals surface area contributed by atoms with Gasteiger partial charge in [-0.1, -0.05) is 35.7 Å². The van der Waals surface area contributed by atoms with Crippen LogP contribution < -0.4 is 5.32 Å². The van der Waals surface area contributed by atoms with Gasteiger partial charge in [0, 0.05) is 32.4 Å². The Kier molecular flexibility index (Phi) is 6.92. The van der Waals surface area contributed by atoms with Crippen LogP contribution in [0.25, 0.3) is 0 Å². The smallest absolute Gasteiger partial charge is 0.220 e. The normalized spacial score (nSPS) is 13.9. The Morgan fingerprint density at radius 2 is 2.00 bits per heavy atom. The third kappa shape index (κ3) is 5.21. The van der Waals surface area contributed by atoms with Crippen molar-refractivity contribution in [2.45, 2.75) is 57.9 Å². The van der Waals surface area contributed by atoms with Crippen LogP contribution in [0.4, 0.5) is 0 Å². The molecule has 5 nitrogen and oxygen atoms in total. The van der Waals surface area contributed by atoms with Crippen LogP contribution in [0.1, 0.15) is 49.3 Å². The molecule has 0 spiro atoms. The van der Waals surface area contributed by atoms with E-state index < -0.39 is 0 Å². The first-order valence-corrected chi connectivity index (χ1v) is 10.0. The average molecular weight is 395 g/mol. The van der Waals surface area contributed by atoms with Crippen molar-refractivity contribution in [1.29, 1.82) is 0 Å². The van der Waals surface area contributed by atoms with E-state index in [1.54, 1.807) is 6.07 Å². The van der Waals surface area contributed by atoms with Gasteiger partial charge in [0.1, 0.15) is 11.6 Å². The molecular formula is C19H24Cl2N4O. The van der Waals surface area contributed by atoms with Crippen LogP contribution in [0, 0.1) is 0 Å². The molecule has 1 amide bonds. The summed E-state index contributed by atoms with van der Waals surface area (Å²) >= 11 is 11.9. The van der Waals surface area contributed by atoms with E-state index in [2.05, 4.69) is 20.1 Å². The van der Waals surface area contributed by atoms with Crippen molar-refractivity contribution in [3.05, 3.63) is 45.5 Å². The standard InChI is InChI=1S/C19H24Cl2N4O/c20-15-9-8-14(13-16(15)21)5-4-7-19(26)22-11-10-18-24-23-17-6-2-1-3-12-25(17)18/h8-9,13H,1-7,10-12H2,(H,22,26). The lowest BCUT2D eigenvalue weighted by molar-refractivity contribution is -0.121. The Labute approximate surface area is 164 Å². The first-order chi connectivity index (χ1) is 12.6. The highest BCUT2D eigenvalue weighted by Gasteiger charge is 2.14. The maximum atomic E-state index is 12.0. The van der Waals surface area contributed by atoms with Crippen LogP contribution in [0.15, 0.2) is 18.2 Å². The molecule has 1 aliphatic heterocycles. The van der Waals surface area contributed by atoms with E-state index in [0.29, 0.717) is 23.0 Å². The highest BCUT2D eigenvalue weighted by atomic mass is 35.5. The number of hydrogen-bond acceptors (Lipinski definition) is 3. The van der Waals surface area contributed by atoms with Crippen LogP contribution >= 0.6 is 23.2 Å². The second-order valence-corrected chi connectivity index (χ2v) is 7.51. The molecule has 1 aromatic heterocycles. The highest BCUT2D eigenvalue weighted by Crippen LogP contribution is 2.23. The van der Waals surface area contributed by atoms with Crippen LogP contribution in [-0.4, -0.2) is 27.2 Å². The molecule has 26 heavy (non-hydrogen) atoms. The van der Waals surface area contributed by atoms with Gasteiger partial charge in [-0.2, -0.15) is 0 Å². The fourth-order valence-electron chi connectivity index (χ4n) is 3.28. The Morgan fingerprint density at radius 3 is 2.85 bits per heavy atom. The molecule has 0 unspecified atom stereocenters. The summed E-state index contributed by atoms with van der Waals surface area (Å²) in [6, 6.07) is 5.60. The van der Waals surface area contributed by atoms with Gasteiger partial charge in [-0.25, -0.2) is 0 Å². The van der Waals surface area contributed by atoms with Gasteiger partial charge in [0.25, 0.3) is 0 Å². The Balaban J connectivity index is 1.38. The molecular weight excluding hydrogens is 371 g/mol. The van der Waals surface area contributed by atoms with Gasteiger partial charge in [-0.05, 0) is 43.4 Å². The van der Waals surface area contributed by atoms with Gasteiger partial charge in [-0.15, -0.1) is 10.2 Å².